The second-order valence-corrected chi connectivity index (χ2v) is 6.02. The van der Waals surface area contributed by atoms with Crippen molar-refractivity contribution in [1.82, 2.24) is 5.32 Å². The number of hydrogen-bond acceptors (Lipinski definition) is 4. The molecule has 1 aliphatic rings. The number of hydrogen-bond donors (Lipinski definition) is 1. The number of amides is 1. The SMILES string of the molecule is N#C/N=C1\NC(=O)/C(=C\c2ccc(/C=C/c3ccccc3)cc2)S1.[KH]. The van der Waals surface area contributed by atoms with Gasteiger partial charge in [-0.05, 0) is 34.5 Å². The van der Waals surface area contributed by atoms with Gasteiger partial charge in [-0.1, -0.05) is 66.7 Å². The van der Waals surface area contributed by atoms with E-state index >= 15 is 0 Å². The molecule has 3 rings (SSSR count). The van der Waals surface area contributed by atoms with Crippen LogP contribution in [0.4, 0.5) is 0 Å². The van der Waals surface area contributed by atoms with Crippen LogP contribution < -0.4 is 5.32 Å². The molecule has 1 saturated heterocycles. The first-order chi connectivity index (χ1) is 11.7. The maximum atomic E-state index is 11.8. The molecule has 1 heterocycles. The number of nitrogens with zero attached hydrogens (tertiary/aromatic N) is 2. The Morgan fingerprint density at radius 1 is 0.960 bits per heavy atom. The van der Waals surface area contributed by atoms with Gasteiger partial charge >= 0.3 is 51.4 Å². The monoisotopic (exact) mass is 371 g/mol. The summed E-state index contributed by atoms with van der Waals surface area (Å²) in [6.07, 6.45) is 7.55. The van der Waals surface area contributed by atoms with Crippen molar-refractivity contribution < 1.29 is 4.79 Å². The van der Waals surface area contributed by atoms with E-state index < -0.39 is 0 Å². The van der Waals surface area contributed by atoms with Gasteiger partial charge in [-0.15, -0.1) is 4.99 Å². The number of rotatable bonds is 3. The van der Waals surface area contributed by atoms with Gasteiger partial charge < -0.3 is 0 Å². The van der Waals surface area contributed by atoms with Gasteiger partial charge in [-0.25, -0.2) is 0 Å². The van der Waals surface area contributed by atoms with Crippen LogP contribution in [-0.2, 0) is 4.79 Å². The van der Waals surface area contributed by atoms with Gasteiger partial charge in [-0.2, -0.15) is 5.26 Å². The van der Waals surface area contributed by atoms with Crippen molar-refractivity contribution in [2.45, 2.75) is 0 Å². The molecule has 25 heavy (non-hydrogen) atoms. The van der Waals surface area contributed by atoms with Crippen LogP contribution in [0.3, 0.4) is 0 Å². The fourth-order valence-electron chi connectivity index (χ4n) is 2.14. The Balaban J connectivity index is 0.00000225. The molecule has 0 spiro atoms. The Bertz CT molecular complexity index is 881. The Labute approximate surface area is 193 Å². The number of carbonyl (C=O) groups excluding carboxylic acids is 1. The van der Waals surface area contributed by atoms with Crippen LogP contribution in [0.5, 0.6) is 0 Å². The predicted octanol–water partition coefficient (Wildman–Crippen LogP) is 3.25. The van der Waals surface area contributed by atoms with Crippen molar-refractivity contribution in [3.05, 3.63) is 76.2 Å². The Kier molecular flexibility index (Phi) is 7.84. The first-order valence-corrected chi connectivity index (χ1v) is 8.07. The van der Waals surface area contributed by atoms with E-state index in [9.17, 15) is 4.79 Å². The molecular weight excluding hydrogens is 357 g/mol. The molecule has 1 amide bonds. The fraction of sp³-hybridized carbons (Fsp3) is 0. The van der Waals surface area contributed by atoms with Gasteiger partial charge in [0.1, 0.15) is 0 Å². The van der Waals surface area contributed by atoms with Gasteiger partial charge in [0.25, 0.3) is 5.91 Å². The van der Waals surface area contributed by atoms with Gasteiger partial charge in [0.15, 0.2) is 5.17 Å². The number of amidine groups is 1. The molecule has 1 aliphatic heterocycles. The summed E-state index contributed by atoms with van der Waals surface area (Å²) in [6, 6.07) is 18.0. The van der Waals surface area contributed by atoms with Crippen LogP contribution in [0, 0.1) is 11.5 Å². The number of nitrogens with one attached hydrogen (secondary N) is 1. The minimum atomic E-state index is -0.234. The number of thioether (sulfide) groups is 1. The summed E-state index contributed by atoms with van der Waals surface area (Å²) in [4.78, 5) is 15.8. The summed E-state index contributed by atoms with van der Waals surface area (Å²) in [6.45, 7) is 0. The maximum absolute atomic E-state index is 11.8. The molecule has 0 unspecified atom stereocenters. The molecule has 0 radical (unpaired) electrons. The van der Waals surface area contributed by atoms with Crippen molar-refractivity contribution in [3.63, 3.8) is 0 Å². The summed E-state index contributed by atoms with van der Waals surface area (Å²) in [5.74, 6) is -0.234. The molecule has 118 valence electrons. The quantitative estimate of drug-likeness (QED) is 0.390. The van der Waals surface area contributed by atoms with Crippen LogP contribution >= 0.6 is 11.8 Å². The van der Waals surface area contributed by atoms with E-state index in [-0.39, 0.29) is 57.3 Å². The second-order valence-electron chi connectivity index (χ2n) is 4.99. The van der Waals surface area contributed by atoms with E-state index in [4.69, 9.17) is 5.26 Å². The minimum absolute atomic E-state index is 0. The predicted molar refractivity (Wildman–Crippen MR) is 106 cm³/mol. The average molecular weight is 372 g/mol. The third-order valence-electron chi connectivity index (χ3n) is 3.30. The molecule has 0 aromatic heterocycles. The van der Waals surface area contributed by atoms with E-state index in [2.05, 4.69) is 16.4 Å². The molecule has 0 saturated carbocycles. The summed E-state index contributed by atoms with van der Waals surface area (Å²) >= 11 is 1.16. The second kappa shape index (κ2) is 9.87. The Morgan fingerprint density at radius 2 is 1.56 bits per heavy atom. The molecule has 4 nitrogen and oxygen atoms in total. The van der Waals surface area contributed by atoms with Gasteiger partial charge in [0, 0.05) is 0 Å². The van der Waals surface area contributed by atoms with Gasteiger partial charge in [-0.3, -0.25) is 10.1 Å². The van der Waals surface area contributed by atoms with Crippen molar-refractivity contribution in [3.8, 4) is 6.19 Å². The van der Waals surface area contributed by atoms with E-state index in [1.54, 1.807) is 12.3 Å². The normalized spacial score (nSPS) is 16.7. The van der Waals surface area contributed by atoms with Gasteiger partial charge in [0.05, 0.1) is 4.91 Å². The van der Waals surface area contributed by atoms with Crippen LogP contribution in [0.2, 0.25) is 0 Å². The molecule has 2 aromatic rings. The van der Waals surface area contributed by atoms with E-state index in [1.807, 2.05) is 60.7 Å². The van der Waals surface area contributed by atoms with Crippen molar-refractivity contribution in [2.24, 2.45) is 4.99 Å². The van der Waals surface area contributed by atoms with Crippen molar-refractivity contribution in [1.29, 1.82) is 5.26 Å². The number of nitriles is 1. The molecule has 6 heteroatoms. The summed E-state index contributed by atoms with van der Waals surface area (Å²) in [5.41, 5.74) is 3.14. The molecule has 0 bridgehead atoms. The van der Waals surface area contributed by atoms with Crippen molar-refractivity contribution in [2.75, 3.05) is 0 Å². The first-order valence-electron chi connectivity index (χ1n) is 7.25. The number of carbonyl (C=O) groups is 1. The standard InChI is InChI=1S/C19H13N3OS.K.H/c20-13-21-19-22-18(23)17(24-19)12-16-10-8-15(9-11-16)7-6-14-4-2-1-3-5-14;;/h1-12H,(H,21,22,23);;/b7-6+,17-12+;;. The molecule has 0 aliphatic carbocycles. The zero-order chi connectivity index (χ0) is 16.8. The molecule has 1 N–H and O–H groups in total. The zero-order valence-electron chi connectivity index (χ0n) is 12.6. The zero-order valence-corrected chi connectivity index (χ0v) is 13.5. The summed E-state index contributed by atoms with van der Waals surface area (Å²) in [7, 11) is 0. The summed E-state index contributed by atoms with van der Waals surface area (Å²) in [5, 5.41) is 11.4. The van der Waals surface area contributed by atoms with Gasteiger partial charge in [0.2, 0.25) is 6.19 Å². The molecule has 2 aromatic carbocycles. The van der Waals surface area contributed by atoms with Crippen LogP contribution in [0.25, 0.3) is 18.2 Å². The molecular formula is C19H14KN3OS. The van der Waals surface area contributed by atoms with Crippen LogP contribution in [0.1, 0.15) is 16.7 Å². The Hall–Kier alpha value is -1.46. The first kappa shape index (κ1) is 19.9. The van der Waals surface area contributed by atoms with Crippen molar-refractivity contribution >= 4 is 92.4 Å². The van der Waals surface area contributed by atoms with E-state index in [0.717, 1.165) is 28.5 Å². The third-order valence-corrected chi connectivity index (χ3v) is 4.21. The molecule has 1 fully saturated rings. The summed E-state index contributed by atoms with van der Waals surface area (Å²) < 4.78 is 0. The number of aliphatic imine (C=N–C) groups is 1. The number of benzene rings is 2. The Morgan fingerprint density at radius 3 is 2.20 bits per heavy atom. The van der Waals surface area contributed by atoms with E-state index in [0.29, 0.717) is 10.1 Å². The fourth-order valence-corrected chi connectivity index (χ4v) is 2.91. The van der Waals surface area contributed by atoms with Crippen LogP contribution in [-0.4, -0.2) is 62.5 Å². The molecule has 0 atom stereocenters. The van der Waals surface area contributed by atoms with Crippen LogP contribution in [0.15, 0.2) is 64.5 Å². The average Bonchev–Trinajstić information content (AvgIpc) is 2.95. The topological polar surface area (TPSA) is 65.2 Å². The van der Waals surface area contributed by atoms with E-state index in [1.165, 1.54) is 0 Å². The third kappa shape index (κ3) is 5.78.